The van der Waals surface area contributed by atoms with E-state index in [4.69, 9.17) is 4.42 Å². The average molecular weight is 328 g/mol. The smallest absolute Gasteiger partial charge is 0.322 e. The summed E-state index contributed by atoms with van der Waals surface area (Å²) in [7, 11) is 1.78. The second-order valence-corrected chi connectivity index (χ2v) is 4.97. The van der Waals surface area contributed by atoms with Crippen LogP contribution >= 0.6 is 0 Å². The third-order valence-corrected chi connectivity index (χ3v) is 3.30. The Hall–Kier alpha value is -3.56. The van der Waals surface area contributed by atoms with Crippen LogP contribution in [0.15, 0.2) is 34.7 Å². The van der Waals surface area contributed by atoms with Crippen molar-refractivity contribution in [3.63, 3.8) is 0 Å². The summed E-state index contributed by atoms with van der Waals surface area (Å²) in [6.45, 7) is 1.87. The van der Waals surface area contributed by atoms with E-state index < -0.39 is 10.8 Å². The van der Waals surface area contributed by atoms with Gasteiger partial charge in [-0.05, 0) is 19.1 Å². The summed E-state index contributed by atoms with van der Waals surface area (Å²) in [5.74, 6) is -0.431. The molecule has 122 valence electrons. The number of nitro benzene ring substituents is 1. The number of rotatable bonds is 4. The van der Waals surface area contributed by atoms with Crippen molar-refractivity contribution in [2.45, 2.75) is 6.92 Å². The van der Waals surface area contributed by atoms with E-state index in [9.17, 15) is 14.9 Å². The molecular weight excluding hydrogens is 316 g/mol. The number of nitrogens with zero attached hydrogens (tertiary/aromatic N) is 5. The van der Waals surface area contributed by atoms with E-state index in [0.717, 1.165) is 11.8 Å². The molecule has 0 unspecified atom stereocenters. The molecule has 10 heteroatoms. The molecule has 3 aromatic rings. The molecule has 24 heavy (non-hydrogen) atoms. The third kappa shape index (κ3) is 2.97. The molecule has 0 aliphatic carbocycles. The minimum atomic E-state index is -0.592. The highest BCUT2D eigenvalue weighted by molar-refractivity contribution is 6.03. The average Bonchev–Trinajstić information content (AvgIpc) is 3.14. The summed E-state index contributed by atoms with van der Waals surface area (Å²) in [6.07, 6.45) is 0. The molecule has 0 aliphatic rings. The summed E-state index contributed by atoms with van der Waals surface area (Å²) in [6, 6.07) is 6.97. The molecule has 0 aliphatic heterocycles. The fraction of sp³-hybridized carbons (Fsp3) is 0.143. The highest BCUT2D eigenvalue weighted by Crippen LogP contribution is 2.20. The van der Waals surface area contributed by atoms with Crippen LogP contribution in [0.1, 0.15) is 16.1 Å². The summed E-state index contributed by atoms with van der Waals surface area (Å²) >= 11 is 0. The van der Waals surface area contributed by atoms with Crippen molar-refractivity contribution in [2.75, 3.05) is 5.32 Å². The molecule has 0 fully saturated rings. The van der Waals surface area contributed by atoms with E-state index in [1.54, 1.807) is 17.8 Å². The second-order valence-electron chi connectivity index (χ2n) is 4.97. The number of nitro groups is 1. The number of hydrogen-bond acceptors (Lipinski definition) is 7. The number of nitrogens with one attached hydrogen (secondary N) is 1. The number of hydrogen-bond donors (Lipinski definition) is 1. The minimum Gasteiger partial charge on any atom is -0.401 e. The van der Waals surface area contributed by atoms with Gasteiger partial charge in [0.05, 0.1) is 4.92 Å². The zero-order valence-electron chi connectivity index (χ0n) is 12.8. The van der Waals surface area contributed by atoms with Gasteiger partial charge >= 0.3 is 6.01 Å². The maximum Gasteiger partial charge on any atom is 0.322 e. The lowest BCUT2D eigenvalue weighted by Gasteiger charge is -2.00. The topological polar surface area (TPSA) is 129 Å². The van der Waals surface area contributed by atoms with E-state index in [1.807, 2.05) is 6.92 Å². The summed E-state index contributed by atoms with van der Waals surface area (Å²) in [5, 5.41) is 24.9. The Bertz CT molecular complexity index is 910. The predicted molar refractivity (Wildman–Crippen MR) is 82.3 cm³/mol. The van der Waals surface area contributed by atoms with E-state index in [0.29, 0.717) is 5.69 Å². The number of anilines is 1. The largest absolute Gasteiger partial charge is 0.401 e. The zero-order valence-corrected chi connectivity index (χ0v) is 12.8. The number of carbonyl (C=O) groups is 1. The first-order valence-electron chi connectivity index (χ1n) is 6.84. The number of aromatic nitrogens is 4. The molecule has 0 radical (unpaired) electrons. The van der Waals surface area contributed by atoms with Crippen LogP contribution in [0.5, 0.6) is 0 Å². The number of benzene rings is 1. The number of carbonyl (C=O) groups excluding carboxylic acids is 1. The molecular formula is C14H12N6O4. The maximum atomic E-state index is 12.1. The fourth-order valence-corrected chi connectivity index (χ4v) is 1.97. The summed E-state index contributed by atoms with van der Waals surface area (Å²) in [5.41, 5.74) is 1.32. The lowest BCUT2D eigenvalue weighted by Crippen LogP contribution is -2.12. The van der Waals surface area contributed by atoms with Crippen molar-refractivity contribution in [1.29, 1.82) is 0 Å². The molecule has 3 rings (SSSR count). The monoisotopic (exact) mass is 328 g/mol. The zero-order chi connectivity index (χ0) is 17.3. The molecule has 0 saturated carbocycles. The van der Waals surface area contributed by atoms with Crippen molar-refractivity contribution in [2.24, 2.45) is 7.05 Å². The molecule has 1 N–H and O–H groups in total. The van der Waals surface area contributed by atoms with Gasteiger partial charge in [-0.25, -0.2) is 0 Å². The highest BCUT2D eigenvalue weighted by Gasteiger charge is 2.16. The Morgan fingerprint density at radius 2 is 2.12 bits per heavy atom. The van der Waals surface area contributed by atoms with Gasteiger partial charge < -0.3 is 4.42 Å². The molecule has 2 aromatic heterocycles. The van der Waals surface area contributed by atoms with Gasteiger partial charge in [0.15, 0.2) is 0 Å². The Balaban J connectivity index is 1.78. The number of non-ortho nitro benzene ring substituents is 1. The quantitative estimate of drug-likeness (QED) is 0.572. The maximum absolute atomic E-state index is 12.1. The second kappa shape index (κ2) is 5.91. The van der Waals surface area contributed by atoms with Crippen LogP contribution in [0.2, 0.25) is 0 Å². The third-order valence-electron chi connectivity index (χ3n) is 3.30. The predicted octanol–water partition coefficient (Wildman–Crippen LogP) is 1.94. The van der Waals surface area contributed by atoms with Crippen molar-refractivity contribution in [3.8, 4) is 11.6 Å². The first-order valence-corrected chi connectivity index (χ1v) is 6.84. The van der Waals surface area contributed by atoms with E-state index in [-0.39, 0.29) is 23.2 Å². The molecule has 1 amide bonds. The van der Waals surface area contributed by atoms with Gasteiger partial charge in [0.1, 0.15) is 5.69 Å². The van der Waals surface area contributed by atoms with Crippen molar-refractivity contribution >= 4 is 17.6 Å². The molecule has 2 heterocycles. The lowest BCUT2D eigenvalue weighted by atomic mass is 10.2. The first-order chi connectivity index (χ1) is 11.4. The summed E-state index contributed by atoms with van der Waals surface area (Å²) in [4.78, 5) is 22.3. The molecule has 0 spiro atoms. The molecule has 0 bridgehead atoms. The van der Waals surface area contributed by atoms with Gasteiger partial charge in [0.2, 0.25) is 0 Å². The van der Waals surface area contributed by atoms with Gasteiger partial charge in [-0.3, -0.25) is 24.9 Å². The Kier molecular flexibility index (Phi) is 3.78. The lowest BCUT2D eigenvalue weighted by molar-refractivity contribution is -0.384. The molecule has 0 saturated heterocycles. The Morgan fingerprint density at radius 3 is 2.79 bits per heavy atom. The fourth-order valence-electron chi connectivity index (χ4n) is 1.97. The van der Waals surface area contributed by atoms with Crippen LogP contribution in [-0.4, -0.2) is 30.8 Å². The van der Waals surface area contributed by atoms with Gasteiger partial charge in [-0.15, -0.1) is 5.10 Å². The van der Waals surface area contributed by atoms with Gasteiger partial charge in [0, 0.05) is 30.4 Å². The van der Waals surface area contributed by atoms with Crippen LogP contribution in [0.4, 0.5) is 11.7 Å². The van der Waals surface area contributed by atoms with Gasteiger partial charge in [-0.2, -0.15) is 5.10 Å². The van der Waals surface area contributed by atoms with E-state index >= 15 is 0 Å². The van der Waals surface area contributed by atoms with Crippen LogP contribution in [-0.2, 0) is 7.05 Å². The number of aryl methyl sites for hydroxylation is 2. The Labute approximate surface area is 135 Å². The van der Waals surface area contributed by atoms with Crippen LogP contribution < -0.4 is 5.32 Å². The van der Waals surface area contributed by atoms with Crippen molar-refractivity contribution < 1.29 is 14.1 Å². The summed E-state index contributed by atoms with van der Waals surface area (Å²) < 4.78 is 7.00. The molecule has 0 atom stereocenters. The standard InChI is InChI=1S/C14H12N6O4/c1-8-6-11(18-19(8)2)13-16-17-14(24-13)15-12(21)9-4-3-5-10(7-9)20(22)23/h3-7H,1-2H3,(H,15,17,21). The Morgan fingerprint density at radius 1 is 1.33 bits per heavy atom. The van der Waals surface area contributed by atoms with Crippen LogP contribution in [0.3, 0.4) is 0 Å². The van der Waals surface area contributed by atoms with Gasteiger partial charge in [0.25, 0.3) is 17.5 Å². The normalized spacial score (nSPS) is 10.6. The number of amides is 1. The van der Waals surface area contributed by atoms with E-state index in [1.165, 1.54) is 18.2 Å². The van der Waals surface area contributed by atoms with Crippen LogP contribution in [0, 0.1) is 17.0 Å². The minimum absolute atomic E-state index is 0.109. The highest BCUT2D eigenvalue weighted by atomic mass is 16.6. The van der Waals surface area contributed by atoms with Crippen molar-refractivity contribution in [3.05, 3.63) is 51.7 Å². The molecule has 1 aromatic carbocycles. The van der Waals surface area contributed by atoms with Crippen LogP contribution in [0.25, 0.3) is 11.6 Å². The van der Waals surface area contributed by atoms with Crippen molar-refractivity contribution in [1.82, 2.24) is 20.0 Å². The van der Waals surface area contributed by atoms with Gasteiger partial charge in [-0.1, -0.05) is 11.2 Å². The SMILES string of the molecule is Cc1cc(-c2nnc(NC(=O)c3cccc([N+](=O)[O-])c3)o2)nn1C. The first kappa shape index (κ1) is 15.3. The molecule has 10 nitrogen and oxygen atoms in total. The van der Waals surface area contributed by atoms with E-state index in [2.05, 4.69) is 20.6 Å².